The largest absolute Gasteiger partial charge is 0.497 e. The first-order valence-corrected chi connectivity index (χ1v) is 11.4. The van der Waals surface area contributed by atoms with Crippen LogP contribution in [0.15, 0.2) is 66.7 Å². The molecule has 35 heavy (non-hydrogen) atoms. The van der Waals surface area contributed by atoms with Crippen molar-refractivity contribution in [3.63, 3.8) is 0 Å². The Labute approximate surface area is 202 Å². The van der Waals surface area contributed by atoms with Gasteiger partial charge in [0, 0.05) is 24.7 Å². The highest BCUT2D eigenvalue weighted by molar-refractivity contribution is 5.97. The molecule has 8 heteroatoms. The van der Waals surface area contributed by atoms with Gasteiger partial charge in [-0.15, -0.1) is 0 Å². The number of methoxy groups -OCH3 is 1. The summed E-state index contributed by atoms with van der Waals surface area (Å²) in [7, 11) is 1.59. The van der Waals surface area contributed by atoms with Crippen LogP contribution < -0.4 is 24.4 Å². The number of carbonyl (C=O) groups is 2. The van der Waals surface area contributed by atoms with Crippen LogP contribution >= 0.6 is 0 Å². The monoisotopic (exact) mass is 476 g/mol. The van der Waals surface area contributed by atoms with E-state index in [4.69, 9.17) is 14.2 Å². The van der Waals surface area contributed by atoms with Crippen molar-refractivity contribution >= 4 is 17.5 Å². The molecule has 1 N–H and O–H groups in total. The van der Waals surface area contributed by atoms with Gasteiger partial charge in [0.05, 0.1) is 19.1 Å². The quantitative estimate of drug-likeness (QED) is 0.572. The molecule has 2 unspecified atom stereocenters. The molecular formula is C27H25FN2O5. The van der Waals surface area contributed by atoms with Crippen LogP contribution in [0.4, 0.5) is 10.1 Å². The molecule has 3 aromatic carbocycles. The van der Waals surface area contributed by atoms with Crippen LogP contribution in [0, 0.1) is 11.7 Å². The predicted molar refractivity (Wildman–Crippen MR) is 127 cm³/mol. The van der Waals surface area contributed by atoms with Crippen LogP contribution in [0.25, 0.3) is 0 Å². The minimum Gasteiger partial charge on any atom is -0.497 e. The SMILES string of the molecule is COc1ccc(C2C(C(=O)NCc3ccc(F)cc3)CCC(=O)N2c2ccc3c(c2)OCO3)cc1. The number of carbonyl (C=O) groups excluding carboxylic acids is 2. The molecule has 0 aliphatic carbocycles. The number of nitrogens with one attached hydrogen (secondary N) is 1. The lowest BCUT2D eigenvalue weighted by molar-refractivity contribution is -0.129. The number of hydrogen-bond acceptors (Lipinski definition) is 5. The number of rotatable bonds is 6. The fraction of sp³-hybridized carbons (Fsp3) is 0.259. The van der Waals surface area contributed by atoms with E-state index in [2.05, 4.69) is 5.32 Å². The maximum atomic E-state index is 13.4. The number of halogens is 1. The Morgan fingerprint density at radius 3 is 2.54 bits per heavy atom. The van der Waals surface area contributed by atoms with Gasteiger partial charge in [0.15, 0.2) is 11.5 Å². The van der Waals surface area contributed by atoms with Crippen molar-refractivity contribution in [3.05, 3.63) is 83.7 Å². The summed E-state index contributed by atoms with van der Waals surface area (Å²) < 4.78 is 29.5. The van der Waals surface area contributed by atoms with Crippen molar-refractivity contribution in [1.82, 2.24) is 5.32 Å². The van der Waals surface area contributed by atoms with Crippen LogP contribution in [0.3, 0.4) is 0 Å². The highest BCUT2D eigenvalue weighted by Crippen LogP contribution is 2.43. The van der Waals surface area contributed by atoms with Gasteiger partial charge in [-0.2, -0.15) is 0 Å². The third kappa shape index (κ3) is 4.64. The first-order valence-electron chi connectivity index (χ1n) is 11.4. The minimum atomic E-state index is -0.532. The number of anilines is 1. The van der Waals surface area contributed by atoms with Crippen molar-refractivity contribution in [2.45, 2.75) is 25.4 Å². The van der Waals surface area contributed by atoms with Gasteiger partial charge in [-0.05, 0) is 53.9 Å². The second-order valence-electron chi connectivity index (χ2n) is 8.51. The Kier molecular flexibility index (Phi) is 6.27. The van der Waals surface area contributed by atoms with Crippen LogP contribution in [-0.4, -0.2) is 25.7 Å². The number of piperidine rings is 1. The first kappa shape index (κ1) is 22.7. The van der Waals surface area contributed by atoms with E-state index in [1.54, 1.807) is 42.3 Å². The summed E-state index contributed by atoms with van der Waals surface area (Å²) in [5.74, 6) is 0.791. The molecule has 180 valence electrons. The van der Waals surface area contributed by atoms with Crippen molar-refractivity contribution in [3.8, 4) is 17.2 Å². The Hall–Kier alpha value is -4.07. The van der Waals surface area contributed by atoms with E-state index in [9.17, 15) is 14.0 Å². The minimum absolute atomic E-state index is 0.0766. The van der Waals surface area contributed by atoms with Gasteiger partial charge in [-0.3, -0.25) is 9.59 Å². The first-order chi connectivity index (χ1) is 17.0. The Morgan fingerprint density at radius 1 is 1.06 bits per heavy atom. The molecule has 0 bridgehead atoms. The van der Waals surface area contributed by atoms with Gasteiger partial charge in [0.2, 0.25) is 18.6 Å². The second kappa shape index (κ2) is 9.66. The number of ether oxygens (including phenoxy) is 3. The molecule has 1 fully saturated rings. The molecule has 2 aliphatic rings. The summed E-state index contributed by atoms with van der Waals surface area (Å²) in [4.78, 5) is 28.3. The molecule has 0 spiro atoms. The molecule has 2 heterocycles. The predicted octanol–water partition coefficient (Wildman–Crippen LogP) is 4.36. The summed E-state index contributed by atoms with van der Waals surface area (Å²) in [6.45, 7) is 0.395. The zero-order chi connectivity index (χ0) is 24.4. The number of benzene rings is 3. The third-order valence-corrected chi connectivity index (χ3v) is 6.41. The van der Waals surface area contributed by atoms with Crippen LogP contribution in [0.5, 0.6) is 17.2 Å². The maximum absolute atomic E-state index is 13.4. The summed E-state index contributed by atoms with van der Waals surface area (Å²) >= 11 is 0. The van der Waals surface area contributed by atoms with E-state index in [-0.39, 0.29) is 37.4 Å². The fourth-order valence-electron chi connectivity index (χ4n) is 4.61. The van der Waals surface area contributed by atoms with Gasteiger partial charge in [0.25, 0.3) is 0 Å². The lowest BCUT2D eigenvalue weighted by Crippen LogP contribution is -2.48. The molecule has 2 amide bonds. The van der Waals surface area contributed by atoms with E-state index in [1.165, 1.54) is 12.1 Å². The van der Waals surface area contributed by atoms with Crippen molar-refractivity contribution in [2.75, 3.05) is 18.8 Å². The summed E-state index contributed by atoms with van der Waals surface area (Å²) in [5, 5.41) is 2.97. The molecule has 0 aromatic heterocycles. The lowest BCUT2D eigenvalue weighted by atomic mass is 9.83. The number of hydrogen-bond donors (Lipinski definition) is 1. The van der Waals surface area contributed by atoms with Crippen LogP contribution in [0.2, 0.25) is 0 Å². The van der Waals surface area contributed by atoms with Gasteiger partial charge < -0.3 is 24.4 Å². The van der Waals surface area contributed by atoms with E-state index >= 15 is 0 Å². The molecule has 2 atom stereocenters. The number of nitrogens with zero attached hydrogens (tertiary/aromatic N) is 1. The Bertz CT molecular complexity index is 1230. The van der Waals surface area contributed by atoms with Crippen molar-refractivity contribution < 1.29 is 28.2 Å². The van der Waals surface area contributed by atoms with Crippen LogP contribution in [-0.2, 0) is 16.1 Å². The molecule has 2 aliphatic heterocycles. The molecule has 3 aromatic rings. The van der Waals surface area contributed by atoms with Gasteiger partial charge >= 0.3 is 0 Å². The lowest BCUT2D eigenvalue weighted by Gasteiger charge is -2.41. The Morgan fingerprint density at radius 2 is 1.80 bits per heavy atom. The van der Waals surface area contributed by atoms with E-state index in [1.807, 2.05) is 24.3 Å². The number of amides is 2. The Balaban J connectivity index is 1.47. The molecule has 0 saturated carbocycles. The van der Waals surface area contributed by atoms with E-state index in [0.717, 1.165) is 11.1 Å². The van der Waals surface area contributed by atoms with Crippen LogP contribution in [0.1, 0.15) is 30.0 Å². The number of fused-ring (bicyclic) bond motifs is 1. The van der Waals surface area contributed by atoms with Gasteiger partial charge in [-0.25, -0.2) is 4.39 Å². The average Bonchev–Trinajstić information content (AvgIpc) is 3.36. The average molecular weight is 477 g/mol. The zero-order valence-corrected chi connectivity index (χ0v) is 19.2. The third-order valence-electron chi connectivity index (χ3n) is 6.41. The molecule has 7 nitrogen and oxygen atoms in total. The molecular weight excluding hydrogens is 451 g/mol. The second-order valence-corrected chi connectivity index (χ2v) is 8.51. The summed E-state index contributed by atoms with van der Waals surface area (Å²) in [6, 6.07) is 18.2. The topological polar surface area (TPSA) is 77.1 Å². The molecule has 1 saturated heterocycles. The highest BCUT2D eigenvalue weighted by Gasteiger charge is 2.41. The van der Waals surface area contributed by atoms with Crippen molar-refractivity contribution in [2.24, 2.45) is 5.92 Å². The highest BCUT2D eigenvalue weighted by atomic mass is 19.1. The van der Waals surface area contributed by atoms with E-state index in [0.29, 0.717) is 29.4 Å². The zero-order valence-electron chi connectivity index (χ0n) is 19.2. The maximum Gasteiger partial charge on any atom is 0.231 e. The smallest absolute Gasteiger partial charge is 0.231 e. The van der Waals surface area contributed by atoms with Crippen molar-refractivity contribution in [1.29, 1.82) is 0 Å². The molecule has 5 rings (SSSR count). The summed E-state index contributed by atoms with van der Waals surface area (Å²) in [5.41, 5.74) is 2.25. The van der Waals surface area contributed by atoms with Gasteiger partial charge in [-0.1, -0.05) is 24.3 Å². The standard InChI is InChI=1S/C27H25FN2O5/c1-33-21-9-4-18(5-10-21)26-22(27(32)29-15-17-2-6-19(28)7-3-17)11-13-25(31)30(26)20-8-12-23-24(14-20)35-16-34-23/h2-10,12,14,22,26H,11,13,15-16H2,1H3,(H,29,32). The normalized spacial score (nSPS) is 18.9. The van der Waals surface area contributed by atoms with E-state index < -0.39 is 12.0 Å². The molecule has 0 radical (unpaired) electrons. The fourth-order valence-corrected chi connectivity index (χ4v) is 4.61. The van der Waals surface area contributed by atoms with Gasteiger partial charge in [0.1, 0.15) is 11.6 Å². The summed E-state index contributed by atoms with van der Waals surface area (Å²) in [6.07, 6.45) is 0.640.